The summed E-state index contributed by atoms with van der Waals surface area (Å²) in [4.78, 5) is 0. The Morgan fingerprint density at radius 2 is 1.86 bits per heavy atom. The smallest absolute Gasteiger partial charge is 0.165 e. The average Bonchev–Trinajstić information content (AvgIpc) is 2.05. The molecular formula is C11H14F2O. The van der Waals surface area contributed by atoms with E-state index in [4.69, 9.17) is 4.74 Å². The zero-order chi connectivity index (χ0) is 10.8. The number of benzene rings is 1. The van der Waals surface area contributed by atoms with Gasteiger partial charge in [0.15, 0.2) is 11.6 Å². The molecule has 14 heavy (non-hydrogen) atoms. The van der Waals surface area contributed by atoms with Crippen molar-refractivity contribution in [2.45, 2.75) is 20.8 Å². The van der Waals surface area contributed by atoms with Gasteiger partial charge in [-0.15, -0.1) is 0 Å². The van der Waals surface area contributed by atoms with Crippen molar-refractivity contribution in [1.82, 2.24) is 0 Å². The van der Waals surface area contributed by atoms with E-state index in [-0.39, 0.29) is 11.2 Å². The minimum atomic E-state index is -0.532. The zero-order valence-corrected chi connectivity index (χ0v) is 8.60. The van der Waals surface area contributed by atoms with E-state index in [1.54, 1.807) is 0 Å². The minimum Gasteiger partial charge on any atom is -0.490 e. The monoisotopic (exact) mass is 200 g/mol. The van der Waals surface area contributed by atoms with Crippen LogP contribution in [0, 0.1) is 17.0 Å². The van der Waals surface area contributed by atoms with Gasteiger partial charge in [0.25, 0.3) is 0 Å². The Bertz CT molecular complexity index is 316. The molecule has 0 heterocycles. The first-order valence-corrected chi connectivity index (χ1v) is 4.46. The highest BCUT2D eigenvalue weighted by Crippen LogP contribution is 2.21. The Kier molecular flexibility index (Phi) is 3.09. The van der Waals surface area contributed by atoms with E-state index in [0.29, 0.717) is 6.61 Å². The third-order valence-electron chi connectivity index (χ3n) is 1.55. The van der Waals surface area contributed by atoms with Crippen molar-refractivity contribution in [1.29, 1.82) is 0 Å². The van der Waals surface area contributed by atoms with Crippen molar-refractivity contribution >= 4 is 0 Å². The summed E-state index contributed by atoms with van der Waals surface area (Å²) in [5, 5.41) is 0. The predicted molar refractivity (Wildman–Crippen MR) is 51.3 cm³/mol. The molecule has 78 valence electrons. The Hall–Kier alpha value is -1.12. The second kappa shape index (κ2) is 3.95. The summed E-state index contributed by atoms with van der Waals surface area (Å²) in [6, 6.07) is 3.19. The summed E-state index contributed by atoms with van der Waals surface area (Å²) >= 11 is 0. The Morgan fingerprint density at radius 1 is 1.21 bits per heavy atom. The lowest BCUT2D eigenvalue weighted by Crippen LogP contribution is -2.17. The first-order valence-electron chi connectivity index (χ1n) is 4.46. The summed E-state index contributed by atoms with van der Waals surface area (Å²) in [6.07, 6.45) is 0. The van der Waals surface area contributed by atoms with Gasteiger partial charge in [-0.25, -0.2) is 8.78 Å². The summed E-state index contributed by atoms with van der Waals surface area (Å²) in [6.45, 7) is 6.24. The highest BCUT2D eigenvalue weighted by atomic mass is 19.1. The molecule has 0 saturated heterocycles. The highest BCUT2D eigenvalue weighted by Gasteiger charge is 2.13. The molecule has 1 aromatic rings. The van der Waals surface area contributed by atoms with E-state index < -0.39 is 11.6 Å². The Morgan fingerprint density at radius 3 is 2.43 bits per heavy atom. The van der Waals surface area contributed by atoms with E-state index in [9.17, 15) is 8.78 Å². The Labute approximate surface area is 82.7 Å². The molecule has 0 fully saturated rings. The van der Waals surface area contributed by atoms with Crippen molar-refractivity contribution in [3.8, 4) is 5.75 Å². The van der Waals surface area contributed by atoms with Gasteiger partial charge in [-0.2, -0.15) is 0 Å². The molecule has 0 bridgehead atoms. The van der Waals surface area contributed by atoms with E-state index in [0.717, 1.165) is 18.2 Å². The fourth-order valence-corrected chi connectivity index (χ4v) is 0.882. The molecule has 0 unspecified atom stereocenters. The normalized spacial score (nSPS) is 11.5. The van der Waals surface area contributed by atoms with Gasteiger partial charge in [0, 0.05) is 6.07 Å². The van der Waals surface area contributed by atoms with Crippen LogP contribution in [-0.2, 0) is 0 Å². The second-order valence-electron chi connectivity index (χ2n) is 4.42. The van der Waals surface area contributed by atoms with Gasteiger partial charge in [0.05, 0.1) is 6.61 Å². The first-order chi connectivity index (χ1) is 6.38. The molecule has 0 aliphatic carbocycles. The second-order valence-corrected chi connectivity index (χ2v) is 4.42. The van der Waals surface area contributed by atoms with Crippen LogP contribution in [0.25, 0.3) is 0 Å². The van der Waals surface area contributed by atoms with E-state index in [2.05, 4.69) is 0 Å². The van der Waals surface area contributed by atoms with Gasteiger partial charge < -0.3 is 4.74 Å². The highest BCUT2D eigenvalue weighted by molar-refractivity contribution is 5.24. The number of halogens is 2. The summed E-state index contributed by atoms with van der Waals surface area (Å²) in [5.74, 6) is -1.05. The van der Waals surface area contributed by atoms with Crippen molar-refractivity contribution in [2.24, 2.45) is 5.41 Å². The third-order valence-corrected chi connectivity index (χ3v) is 1.55. The van der Waals surface area contributed by atoms with Crippen LogP contribution < -0.4 is 4.74 Å². The summed E-state index contributed by atoms with van der Waals surface area (Å²) in [7, 11) is 0. The van der Waals surface area contributed by atoms with Crippen molar-refractivity contribution in [2.75, 3.05) is 6.61 Å². The Balaban J connectivity index is 2.72. The van der Waals surface area contributed by atoms with E-state index >= 15 is 0 Å². The SMILES string of the molecule is CC(C)(C)COc1cc(F)ccc1F. The van der Waals surface area contributed by atoms with Crippen molar-refractivity contribution in [3.63, 3.8) is 0 Å². The van der Waals surface area contributed by atoms with Crippen LogP contribution in [0.5, 0.6) is 5.75 Å². The van der Waals surface area contributed by atoms with Crippen LogP contribution in [0.4, 0.5) is 8.78 Å². The largest absolute Gasteiger partial charge is 0.490 e. The summed E-state index contributed by atoms with van der Waals surface area (Å²) in [5.41, 5.74) is -0.0707. The fraction of sp³-hybridized carbons (Fsp3) is 0.455. The number of rotatable bonds is 2. The lowest BCUT2D eigenvalue weighted by molar-refractivity contribution is 0.190. The molecule has 1 rings (SSSR count). The first kappa shape index (κ1) is 11.0. The zero-order valence-electron chi connectivity index (χ0n) is 8.60. The van der Waals surface area contributed by atoms with Crippen LogP contribution in [0.1, 0.15) is 20.8 Å². The molecule has 0 aromatic heterocycles. The number of ether oxygens (including phenoxy) is 1. The van der Waals surface area contributed by atoms with Crippen LogP contribution >= 0.6 is 0 Å². The van der Waals surface area contributed by atoms with Crippen LogP contribution in [-0.4, -0.2) is 6.61 Å². The molecular weight excluding hydrogens is 186 g/mol. The predicted octanol–water partition coefficient (Wildman–Crippen LogP) is 3.39. The minimum absolute atomic E-state index is 0.0278. The van der Waals surface area contributed by atoms with Crippen LogP contribution in [0.15, 0.2) is 18.2 Å². The van der Waals surface area contributed by atoms with Gasteiger partial charge in [0.2, 0.25) is 0 Å². The van der Waals surface area contributed by atoms with Crippen LogP contribution in [0.2, 0.25) is 0 Å². The van der Waals surface area contributed by atoms with Gasteiger partial charge in [-0.3, -0.25) is 0 Å². The van der Waals surface area contributed by atoms with Gasteiger partial charge >= 0.3 is 0 Å². The molecule has 0 saturated carbocycles. The molecule has 0 spiro atoms. The van der Waals surface area contributed by atoms with Crippen LogP contribution in [0.3, 0.4) is 0 Å². The molecule has 0 aliphatic heterocycles. The molecule has 0 aliphatic rings. The maximum atomic E-state index is 13.1. The van der Waals surface area contributed by atoms with Gasteiger partial charge in [-0.05, 0) is 17.5 Å². The lowest BCUT2D eigenvalue weighted by Gasteiger charge is -2.18. The van der Waals surface area contributed by atoms with E-state index in [1.807, 2.05) is 20.8 Å². The fourth-order valence-electron chi connectivity index (χ4n) is 0.882. The quantitative estimate of drug-likeness (QED) is 0.711. The molecule has 1 aromatic carbocycles. The number of hydrogen-bond donors (Lipinski definition) is 0. The third kappa shape index (κ3) is 3.32. The van der Waals surface area contributed by atoms with Crippen molar-refractivity contribution in [3.05, 3.63) is 29.8 Å². The van der Waals surface area contributed by atoms with Crippen molar-refractivity contribution < 1.29 is 13.5 Å². The van der Waals surface area contributed by atoms with Gasteiger partial charge in [-0.1, -0.05) is 20.8 Å². The molecule has 0 N–H and O–H groups in total. The molecule has 0 radical (unpaired) electrons. The van der Waals surface area contributed by atoms with E-state index in [1.165, 1.54) is 0 Å². The van der Waals surface area contributed by atoms with Gasteiger partial charge in [0.1, 0.15) is 5.82 Å². The topological polar surface area (TPSA) is 9.23 Å². The lowest BCUT2D eigenvalue weighted by atomic mass is 9.99. The molecule has 3 heteroatoms. The molecule has 0 atom stereocenters. The summed E-state index contributed by atoms with van der Waals surface area (Å²) < 4.78 is 30.9. The average molecular weight is 200 g/mol. The maximum Gasteiger partial charge on any atom is 0.165 e. The maximum absolute atomic E-state index is 13.1. The number of hydrogen-bond acceptors (Lipinski definition) is 1. The standard InChI is InChI=1S/C11H14F2O/c1-11(2,3)7-14-10-6-8(12)4-5-9(10)13/h4-6H,7H2,1-3H3. The molecule has 1 nitrogen and oxygen atoms in total. The molecule has 0 amide bonds.